The number of benzene rings is 3. The van der Waals surface area contributed by atoms with Gasteiger partial charge in [-0.3, -0.25) is 0 Å². The van der Waals surface area contributed by atoms with Crippen LogP contribution >= 0.6 is 0 Å². The maximum absolute atomic E-state index is 14.8. The first-order valence-electron chi connectivity index (χ1n) is 10.6. The first-order valence-corrected chi connectivity index (χ1v) is 10.6. The van der Waals surface area contributed by atoms with Crippen LogP contribution in [0.25, 0.3) is 11.1 Å². The Labute approximate surface area is 180 Å². The molecule has 0 aromatic heterocycles. The third-order valence-corrected chi connectivity index (χ3v) is 6.06. The molecule has 162 valence electrons. The zero-order valence-electron chi connectivity index (χ0n) is 17.4. The molecule has 31 heavy (non-hydrogen) atoms. The van der Waals surface area contributed by atoms with E-state index < -0.39 is 23.7 Å². The summed E-state index contributed by atoms with van der Waals surface area (Å²) in [7, 11) is 0. The van der Waals surface area contributed by atoms with Crippen LogP contribution in [0.3, 0.4) is 0 Å². The normalized spacial score (nSPS) is 15.6. The largest absolute Gasteiger partial charge is 0.461 e. The second-order valence-electron chi connectivity index (χ2n) is 8.17. The molecule has 0 saturated heterocycles. The van der Waals surface area contributed by atoms with Crippen molar-refractivity contribution < 1.29 is 23.0 Å². The van der Waals surface area contributed by atoms with Gasteiger partial charge in [0.05, 0.1) is 0 Å². The molecule has 2 nitrogen and oxygen atoms in total. The predicted octanol–water partition coefficient (Wildman–Crippen LogP) is 7.20. The van der Waals surface area contributed by atoms with Crippen molar-refractivity contribution in [3.63, 3.8) is 0 Å². The summed E-state index contributed by atoms with van der Waals surface area (Å²) in [6.45, 7) is 1.64. The average Bonchev–Trinajstić information content (AvgIpc) is 2.79. The van der Waals surface area contributed by atoms with Gasteiger partial charge in [0.2, 0.25) is 6.29 Å². The fourth-order valence-corrected chi connectivity index (χ4v) is 4.19. The van der Waals surface area contributed by atoms with E-state index in [9.17, 15) is 18.3 Å². The van der Waals surface area contributed by atoms with Crippen LogP contribution in [0.15, 0.2) is 54.6 Å². The van der Waals surface area contributed by atoms with Gasteiger partial charge in [-0.2, -0.15) is 0 Å². The smallest absolute Gasteiger partial charge is 0.224 e. The lowest BCUT2D eigenvalue weighted by molar-refractivity contribution is -0.0196. The van der Waals surface area contributed by atoms with Crippen molar-refractivity contribution in [2.45, 2.75) is 51.2 Å². The Balaban J connectivity index is 1.52. The molecule has 3 aromatic rings. The summed E-state index contributed by atoms with van der Waals surface area (Å²) in [5, 5.41) is 10.3. The van der Waals surface area contributed by atoms with E-state index in [2.05, 4.69) is 0 Å². The van der Waals surface area contributed by atoms with E-state index in [1.165, 1.54) is 6.07 Å². The molecule has 0 aliphatic heterocycles. The van der Waals surface area contributed by atoms with E-state index in [1.807, 2.05) is 0 Å². The highest BCUT2D eigenvalue weighted by Gasteiger charge is 2.23. The van der Waals surface area contributed by atoms with Gasteiger partial charge in [-0.25, -0.2) is 13.2 Å². The maximum Gasteiger partial charge on any atom is 0.224 e. The predicted molar refractivity (Wildman–Crippen MR) is 114 cm³/mol. The monoisotopic (exact) mass is 426 g/mol. The topological polar surface area (TPSA) is 29.5 Å². The second-order valence-corrected chi connectivity index (χ2v) is 8.17. The van der Waals surface area contributed by atoms with Crippen LogP contribution < -0.4 is 4.74 Å². The minimum Gasteiger partial charge on any atom is -0.461 e. The summed E-state index contributed by atoms with van der Waals surface area (Å²) in [4.78, 5) is 0. The van der Waals surface area contributed by atoms with Gasteiger partial charge in [-0.15, -0.1) is 0 Å². The Hall–Kier alpha value is -2.79. The third kappa shape index (κ3) is 4.62. The first-order chi connectivity index (χ1) is 14.9. The molecule has 1 unspecified atom stereocenters. The number of halogens is 3. The Morgan fingerprint density at radius 2 is 1.58 bits per heavy atom. The van der Waals surface area contributed by atoms with Crippen molar-refractivity contribution in [2.24, 2.45) is 0 Å². The molecule has 0 radical (unpaired) electrons. The van der Waals surface area contributed by atoms with Crippen LogP contribution in [0.5, 0.6) is 5.75 Å². The van der Waals surface area contributed by atoms with E-state index in [1.54, 1.807) is 55.5 Å². The van der Waals surface area contributed by atoms with Crippen LogP contribution in [0, 0.1) is 24.4 Å². The van der Waals surface area contributed by atoms with Gasteiger partial charge >= 0.3 is 0 Å². The fraction of sp³-hybridized carbons (Fsp3) is 0.308. The van der Waals surface area contributed by atoms with Crippen LogP contribution in [0.4, 0.5) is 13.2 Å². The quantitative estimate of drug-likeness (QED) is 0.437. The number of rotatable bonds is 5. The summed E-state index contributed by atoms with van der Waals surface area (Å²) in [5.74, 6) is -1.75. The van der Waals surface area contributed by atoms with Crippen LogP contribution in [0.2, 0.25) is 0 Å². The molecule has 1 fully saturated rings. The number of aliphatic hydroxyl groups excluding tert-OH is 1. The Kier molecular flexibility index (Phi) is 6.33. The van der Waals surface area contributed by atoms with Crippen molar-refractivity contribution in [1.29, 1.82) is 0 Å². The molecule has 1 aliphatic carbocycles. The van der Waals surface area contributed by atoms with Crippen molar-refractivity contribution in [3.8, 4) is 16.9 Å². The van der Waals surface area contributed by atoms with E-state index >= 15 is 0 Å². The molecule has 3 aromatic carbocycles. The fourth-order valence-electron chi connectivity index (χ4n) is 4.19. The lowest BCUT2D eigenvalue weighted by Crippen LogP contribution is -2.08. The average molecular weight is 426 g/mol. The molecular formula is C26H25F3O2. The van der Waals surface area contributed by atoms with Gasteiger partial charge in [-0.05, 0) is 48.4 Å². The Morgan fingerprint density at radius 1 is 0.871 bits per heavy atom. The summed E-state index contributed by atoms with van der Waals surface area (Å²) in [6.07, 6.45) is 3.73. The van der Waals surface area contributed by atoms with Crippen molar-refractivity contribution >= 4 is 0 Å². The van der Waals surface area contributed by atoms with Gasteiger partial charge in [-0.1, -0.05) is 61.7 Å². The van der Waals surface area contributed by atoms with Gasteiger partial charge in [0.1, 0.15) is 11.6 Å². The van der Waals surface area contributed by atoms with Gasteiger partial charge in [0.15, 0.2) is 11.6 Å². The highest BCUT2D eigenvalue weighted by Crippen LogP contribution is 2.37. The van der Waals surface area contributed by atoms with E-state index in [-0.39, 0.29) is 17.2 Å². The molecule has 1 aliphatic rings. The Bertz CT molecular complexity index is 1060. The number of ether oxygens (including phenoxy) is 1. The molecule has 1 saturated carbocycles. The first kappa shape index (κ1) is 21.4. The highest BCUT2D eigenvalue weighted by molar-refractivity contribution is 5.65. The molecule has 4 rings (SSSR count). The lowest BCUT2D eigenvalue weighted by Gasteiger charge is -2.23. The van der Waals surface area contributed by atoms with E-state index in [0.29, 0.717) is 22.3 Å². The van der Waals surface area contributed by atoms with E-state index in [4.69, 9.17) is 4.74 Å². The van der Waals surface area contributed by atoms with Gasteiger partial charge in [0, 0.05) is 17.2 Å². The minimum absolute atomic E-state index is 0.0820. The number of hydrogen-bond donors (Lipinski definition) is 1. The summed E-state index contributed by atoms with van der Waals surface area (Å²) in [5.41, 5.74) is 2.05. The third-order valence-electron chi connectivity index (χ3n) is 6.06. The molecule has 5 heteroatoms. The number of aryl methyl sites for hydroxylation is 1. The summed E-state index contributed by atoms with van der Waals surface area (Å²) < 4.78 is 48.7. The molecule has 0 heterocycles. The van der Waals surface area contributed by atoms with Crippen LogP contribution in [-0.2, 0) is 0 Å². The SMILES string of the molecule is Cc1ccc(OC(O)c2ccc(-c3ccc(C4CCCCC4)c(F)c3F)cc2)cc1F. The summed E-state index contributed by atoms with van der Waals surface area (Å²) >= 11 is 0. The molecule has 0 bridgehead atoms. The molecular weight excluding hydrogens is 401 g/mol. The van der Waals surface area contributed by atoms with Crippen LogP contribution in [-0.4, -0.2) is 5.11 Å². The molecule has 0 spiro atoms. The zero-order chi connectivity index (χ0) is 22.0. The molecule has 1 N–H and O–H groups in total. The van der Waals surface area contributed by atoms with Crippen LogP contribution in [0.1, 0.15) is 61.0 Å². The zero-order valence-corrected chi connectivity index (χ0v) is 17.4. The Morgan fingerprint density at radius 3 is 2.26 bits per heavy atom. The lowest BCUT2D eigenvalue weighted by atomic mass is 9.83. The summed E-state index contributed by atoms with van der Waals surface area (Å²) in [6, 6.07) is 14.0. The number of aliphatic hydroxyl groups is 1. The maximum atomic E-state index is 14.8. The second kappa shape index (κ2) is 9.15. The van der Waals surface area contributed by atoms with Crippen molar-refractivity contribution in [1.82, 2.24) is 0 Å². The highest BCUT2D eigenvalue weighted by atomic mass is 19.2. The number of hydrogen-bond acceptors (Lipinski definition) is 2. The van der Waals surface area contributed by atoms with Crippen molar-refractivity contribution in [3.05, 3.63) is 88.7 Å². The van der Waals surface area contributed by atoms with E-state index in [0.717, 1.165) is 32.1 Å². The van der Waals surface area contributed by atoms with Gasteiger partial charge < -0.3 is 9.84 Å². The van der Waals surface area contributed by atoms with Gasteiger partial charge in [0.25, 0.3) is 0 Å². The standard InChI is InChI=1S/C26H25F3O2/c1-16-7-12-20(15-23(16)27)31-26(30)19-10-8-18(9-11-19)22-14-13-21(24(28)25(22)29)17-5-3-2-4-6-17/h7-15,17,26,30H,2-6H2,1H3. The molecule has 1 atom stereocenters. The molecule has 0 amide bonds. The minimum atomic E-state index is -1.31. The van der Waals surface area contributed by atoms with Crippen molar-refractivity contribution in [2.75, 3.05) is 0 Å².